The van der Waals surface area contributed by atoms with Crippen LogP contribution in [0, 0.1) is 0 Å². The van der Waals surface area contributed by atoms with Gasteiger partial charge in [-0.2, -0.15) is 0 Å². The molecule has 0 aliphatic heterocycles. The first kappa shape index (κ1) is 15.2. The second-order valence-electron chi connectivity index (χ2n) is 4.21. The fourth-order valence-electron chi connectivity index (χ4n) is 1.77. The van der Waals surface area contributed by atoms with Crippen molar-refractivity contribution in [3.63, 3.8) is 0 Å². The smallest absolute Gasteiger partial charge is 0.358 e. The van der Waals surface area contributed by atoms with E-state index in [1.54, 1.807) is 12.1 Å². The summed E-state index contributed by atoms with van der Waals surface area (Å²) in [6, 6.07) is 10.7. The monoisotopic (exact) mass is 348 g/mol. The van der Waals surface area contributed by atoms with Crippen LogP contribution < -0.4 is 5.32 Å². The van der Waals surface area contributed by atoms with E-state index in [2.05, 4.69) is 31.0 Å². The van der Waals surface area contributed by atoms with Crippen LogP contribution in [0.4, 0.5) is 5.69 Å². The lowest BCUT2D eigenvalue weighted by atomic mass is 10.1. The summed E-state index contributed by atoms with van der Waals surface area (Å²) in [5, 5.41) is 2.68. The number of aromatic nitrogens is 1. The Morgan fingerprint density at radius 2 is 2.00 bits per heavy atom. The SMILES string of the molecule is COC(=O)c1ncccc1NC(=O)Cc1ccccc1Br. The van der Waals surface area contributed by atoms with E-state index in [1.165, 1.54) is 13.3 Å². The second-order valence-corrected chi connectivity index (χ2v) is 5.06. The molecule has 1 aromatic carbocycles. The largest absolute Gasteiger partial charge is 0.464 e. The van der Waals surface area contributed by atoms with Crippen LogP contribution >= 0.6 is 15.9 Å². The van der Waals surface area contributed by atoms with Crippen LogP contribution in [0.1, 0.15) is 16.1 Å². The average molecular weight is 349 g/mol. The number of halogens is 1. The van der Waals surface area contributed by atoms with E-state index in [-0.39, 0.29) is 18.0 Å². The fourth-order valence-corrected chi connectivity index (χ4v) is 2.20. The summed E-state index contributed by atoms with van der Waals surface area (Å²) < 4.78 is 5.50. The number of ether oxygens (including phenoxy) is 1. The van der Waals surface area contributed by atoms with Crippen molar-refractivity contribution in [2.45, 2.75) is 6.42 Å². The Labute approximate surface area is 130 Å². The highest BCUT2D eigenvalue weighted by atomic mass is 79.9. The van der Waals surface area contributed by atoms with E-state index in [1.807, 2.05) is 24.3 Å². The van der Waals surface area contributed by atoms with Crippen molar-refractivity contribution in [1.82, 2.24) is 4.98 Å². The quantitative estimate of drug-likeness (QED) is 0.862. The molecule has 0 saturated carbocycles. The fraction of sp³-hybridized carbons (Fsp3) is 0.133. The zero-order chi connectivity index (χ0) is 15.2. The van der Waals surface area contributed by atoms with Gasteiger partial charge in [0, 0.05) is 10.7 Å². The molecule has 0 unspecified atom stereocenters. The van der Waals surface area contributed by atoms with E-state index < -0.39 is 5.97 Å². The zero-order valence-corrected chi connectivity index (χ0v) is 12.9. The van der Waals surface area contributed by atoms with Crippen molar-refractivity contribution in [2.24, 2.45) is 0 Å². The first-order chi connectivity index (χ1) is 10.1. The number of rotatable bonds is 4. The molecule has 5 nitrogen and oxygen atoms in total. The minimum Gasteiger partial charge on any atom is -0.464 e. The molecule has 0 spiro atoms. The van der Waals surface area contributed by atoms with Gasteiger partial charge >= 0.3 is 5.97 Å². The van der Waals surface area contributed by atoms with Crippen molar-refractivity contribution in [3.05, 3.63) is 58.3 Å². The molecule has 1 N–H and O–H groups in total. The maximum Gasteiger partial charge on any atom is 0.358 e. The summed E-state index contributed by atoms with van der Waals surface area (Å²) in [6.45, 7) is 0. The van der Waals surface area contributed by atoms with Gasteiger partial charge < -0.3 is 10.1 Å². The Morgan fingerprint density at radius 3 is 2.71 bits per heavy atom. The van der Waals surface area contributed by atoms with Crippen LogP contribution in [-0.2, 0) is 16.0 Å². The van der Waals surface area contributed by atoms with E-state index in [4.69, 9.17) is 0 Å². The van der Waals surface area contributed by atoms with Gasteiger partial charge in [-0.25, -0.2) is 9.78 Å². The number of carbonyl (C=O) groups excluding carboxylic acids is 2. The second kappa shape index (κ2) is 6.99. The number of carbonyl (C=O) groups is 2. The molecule has 0 aliphatic carbocycles. The summed E-state index contributed by atoms with van der Waals surface area (Å²) >= 11 is 3.39. The van der Waals surface area contributed by atoms with Crippen molar-refractivity contribution < 1.29 is 14.3 Å². The topological polar surface area (TPSA) is 68.3 Å². The van der Waals surface area contributed by atoms with Crippen molar-refractivity contribution >= 4 is 33.5 Å². The molecule has 6 heteroatoms. The number of methoxy groups -OCH3 is 1. The Balaban J connectivity index is 2.14. The van der Waals surface area contributed by atoms with Gasteiger partial charge in [-0.1, -0.05) is 34.1 Å². The molecule has 1 amide bonds. The predicted molar refractivity (Wildman–Crippen MR) is 82.1 cm³/mol. The van der Waals surface area contributed by atoms with Crippen LogP contribution in [0.2, 0.25) is 0 Å². The van der Waals surface area contributed by atoms with Crippen LogP contribution in [-0.4, -0.2) is 24.0 Å². The van der Waals surface area contributed by atoms with Crippen LogP contribution in [0.5, 0.6) is 0 Å². The summed E-state index contributed by atoms with van der Waals surface area (Å²) in [4.78, 5) is 27.6. The number of anilines is 1. The summed E-state index contributed by atoms with van der Waals surface area (Å²) in [5.74, 6) is -0.827. The lowest BCUT2D eigenvalue weighted by Gasteiger charge is -2.09. The molecule has 2 rings (SSSR count). The Kier molecular flexibility index (Phi) is 5.05. The first-order valence-corrected chi connectivity index (χ1v) is 6.97. The minimum absolute atomic E-state index is 0.0838. The van der Waals surface area contributed by atoms with Crippen molar-refractivity contribution in [2.75, 3.05) is 12.4 Å². The van der Waals surface area contributed by atoms with Crippen molar-refractivity contribution in [1.29, 1.82) is 0 Å². The first-order valence-electron chi connectivity index (χ1n) is 6.18. The normalized spacial score (nSPS) is 10.0. The van der Waals surface area contributed by atoms with Gasteiger partial charge in [-0.3, -0.25) is 4.79 Å². The third-order valence-electron chi connectivity index (χ3n) is 2.77. The molecule has 0 atom stereocenters. The van der Waals surface area contributed by atoms with Gasteiger partial charge in [-0.05, 0) is 23.8 Å². The van der Waals surface area contributed by atoms with Crippen LogP contribution in [0.25, 0.3) is 0 Å². The Bertz CT molecular complexity index is 673. The molecule has 21 heavy (non-hydrogen) atoms. The number of esters is 1. The molecule has 0 fully saturated rings. The summed E-state index contributed by atoms with van der Waals surface area (Å²) in [6.07, 6.45) is 1.66. The molecule has 108 valence electrons. The highest BCUT2D eigenvalue weighted by Gasteiger charge is 2.15. The number of hydrogen-bond acceptors (Lipinski definition) is 4. The van der Waals surface area contributed by atoms with Gasteiger partial charge in [0.05, 0.1) is 19.2 Å². The number of nitrogens with zero attached hydrogens (tertiary/aromatic N) is 1. The third-order valence-corrected chi connectivity index (χ3v) is 3.54. The van der Waals surface area contributed by atoms with E-state index in [0.29, 0.717) is 5.69 Å². The molecular formula is C15H13BrN2O3. The van der Waals surface area contributed by atoms with Crippen LogP contribution in [0.3, 0.4) is 0 Å². The maximum atomic E-state index is 12.1. The predicted octanol–water partition coefficient (Wildman–Crippen LogP) is 2.81. The molecule has 1 heterocycles. The summed E-state index contributed by atoms with van der Waals surface area (Å²) in [7, 11) is 1.27. The van der Waals surface area contributed by atoms with Gasteiger partial charge in [-0.15, -0.1) is 0 Å². The number of amides is 1. The maximum absolute atomic E-state index is 12.1. The molecule has 2 aromatic rings. The molecule has 0 aliphatic rings. The molecule has 0 bridgehead atoms. The zero-order valence-electron chi connectivity index (χ0n) is 11.3. The van der Waals surface area contributed by atoms with Gasteiger partial charge in [0.25, 0.3) is 0 Å². The van der Waals surface area contributed by atoms with Crippen LogP contribution in [0.15, 0.2) is 47.1 Å². The molecule has 1 aromatic heterocycles. The third kappa shape index (κ3) is 3.88. The standard InChI is InChI=1S/C15H13BrN2O3/c1-21-15(20)14-12(7-4-8-17-14)18-13(19)9-10-5-2-3-6-11(10)16/h2-8H,9H2,1H3,(H,18,19). The number of benzene rings is 1. The van der Waals surface area contributed by atoms with E-state index >= 15 is 0 Å². The van der Waals surface area contributed by atoms with Crippen molar-refractivity contribution in [3.8, 4) is 0 Å². The number of hydrogen-bond donors (Lipinski definition) is 1. The number of pyridine rings is 1. The van der Waals surface area contributed by atoms with Gasteiger partial charge in [0.2, 0.25) is 5.91 Å². The Morgan fingerprint density at radius 1 is 1.24 bits per heavy atom. The lowest BCUT2D eigenvalue weighted by Crippen LogP contribution is -2.18. The van der Waals surface area contributed by atoms with Gasteiger partial charge in [0.1, 0.15) is 0 Å². The average Bonchev–Trinajstić information content (AvgIpc) is 2.49. The molecular weight excluding hydrogens is 336 g/mol. The highest BCUT2D eigenvalue weighted by molar-refractivity contribution is 9.10. The van der Waals surface area contributed by atoms with E-state index in [9.17, 15) is 9.59 Å². The molecule has 0 saturated heterocycles. The van der Waals surface area contributed by atoms with E-state index in [0.717, 1.165) is 10.0 Å². The van der Waals surface area contributed by atoms with Gasteiger partial charge in [0.15, 0.2) is 5.69 Å². The number of nitrogens with one attached hydrogen (secondary N) is 1. The minimum atomic E-state index is -0.591. The molecule has 0 radical (unpaired) electrons. The Hall–Kier alpha value is -2.21. The lowest BCUT2D eigenvalue weighted by molar-refractivity contribution is -0.115. The summed E-state index contributed by atoms with van der Waals surface area (Å²) in [5.41, 5.74) is 1.28. The highest BCUT2D eigenvalue weighted by Crippen LogP contribution is 2.18.